The predicted molar refractivity (Wildman–Crippen MR) is 78.8 cm³/mol. The summed E-state index contributed by atoms with van der Waals surface area (Å²) in [6, 6.07) is 4.65. The summed E-state index contributed by atoms with van der Waals surface area (Å²) in [7, 11) is 1.44. The summed E-state index contributed by atoms with van der Waals surface area (Å²) in [5.74, 6) is -0.153. The number of methoxy groups -OCH3 is 1. The van der Waals surface area contributed by atoms with Crippen molar-refractivity contribution in [2.75, 3.05) is 19.0 Å². The lowest BCUT2D eigenvalue weighted by Crippen LogP contribution is -2.27. The van der Waals surface area contributed by atoms with Gasteiger partial charge in [0.15, 0.2) is 0 Å². The molecule has 0 aliphatic heterocycles. The fourth-order valence-electron chi connectivity index (χ4n) is 1.57. The molecular formula is C15H21NO5. The molecule has 6 heteroatoms. The van der Waals surface area contributed by atoms with Crippen LogP contribution in [0.3, 0.4) is 0 Å². The van der Waals surface area contributed by atoms with E-state index in [1.165, 1.54) is 19.2 Å². The Morgan fingerprint density at radius 2 is 1.90 bits per heavy atom. The van der Waals surface area contributed by atoms with Gasteiger partial charge in [-0.15, -0.1) is 0 Å². The Morgan fingerprint density at radius 1 is 1.24 bits per heavy atom. The number of carbonyl (C=O) groups is 2. The van der Waals surface area contributed by atoms with Crippen LogP contribution in [0, 0.1) is 0 Å². The van der Waals surface area contributed by atoms with E-state index in [1.807, 2.05) is 0 Å². The average molecular weight is 295 g/mol. The standard InChI is InChI=1S/C15H21NO5/c1-6-20-13(17)11-8-7-10(9-12(11)19-5)16-14(18)21-15(2,3)4/h7-9H,6H2,1-5H3,(H,16,18). The van der Waals surface area contributed by atoms with Crippen LogP contribution in [-0.4, -0.2) is 31.4 Å². The average Bonchev–Trinajstić information content (AvgIpc) is 2.36. The first kappa shape index (κ1) is 16.8. The predicted octanol–water partition coefficient (Wildman–Crippen LogP) is 3.22. The second kappa shape index (κ2) is 6.97. The van der Waals surface area contributed by atoms with Crippen molar-refractivity contribution in [1.82, 2.24) is 0 Å². The van der Waals surface area contributed by atoms with Gasteiger partial charge in [-0.25, -0.2) is 9.59 Å². The fraction of sp³-hybridized carbons (Fsp3) is 0.467. The number of esters is 1. The van der Waals surface area contributed by atoms with Crippen molar-refractivity contribution in [3.05, 3.63) is 23.8 Å². The van der Waals surface area contributed by atoms with Crippen molar-refractivity contribution >= 4 is 17.7 Å². The number of anilines is 1. The first-order chi connectivity index (χ1) is 9.76. The van der Waals surface area contributed by atoms with Crippen molar-refractivity contribution < 1.29 is 23.8 Å². The highest BCUT2D eigenvalue weighted by atomic mass is 16.6. The van der Waals surface area contributed by atoms with Gasteiger partial charge in [-0.3, -0.25) is 5.32 Å². The number of ether oxygens (including phenoxy) is 3. The van der Waals surface area contributed by atoms with Crippen LogP contribution in [0.15, 0.2) is 18.2 Å². The van der Waals surface area contributed by atoms with Crippen molar-refractivity contribution in [3.63, 3.8) is 0 Å². The second-order valence-electron chi connectivity index (χ2n) is 5.26. The molecule has 1 amide bonds. The van der Waals surface area contributed by atoms with Gasteiger partial charge in [0, 0.05) is 11.8 Å². The first-order valence-electron chi connectivity index (χ1n) is 6.62. The third kappa shape index (κ3) is 5.33. The highest BCUT2D eigenvalue weighted by Crippen LogP contribution is 2.24. The van der Waals surface area contributed by atoms with Gasteiger partial charge in [0.2, 0.25) is 0 Å². The molecule has 0 fully saturated rings. The quantitative estimate of drug-likeness (QED) is 0.863. The molecule has 1 aromatic carbocycles. The summed E-state index contributed by atoms with van der Waals surface area (Å²) in [6.45, 7) is 7.33. The topological polar surface area (TPSA) is 73.9 Å². The molecule has 0 spiro atoms. The van der Waals surface area contributed by atoms with Gasteiger partial charge in [0.25, 0.3) is 0 Å². The minimum absolute atomic E-state index is 0.278. The molecule has 0 unspecified atom stereocenters. The van der Waals surface area contributed by atoms with E-state index in [4.69, 9.17) is 14.2 Å². The summed E-state index contributed by atoms with van der Waals surface area (Å²) in [6.07, 6.45) is -0.576. The summed E-state index contributed by atoms with van der Waals surface area (Å²) < 4.78 is 15.2. The molecule has 1 rings (SSSR count). The van der Waals surface area contributed by atoms with E-state index in [0.717, 1.165) is 0 Å². The Balaban J connectivity index is 2.87. The molecule has 0 aliphatic rings. The zero-order chi connectivity index (χ0) is 16.0. The van der Waals surface area contributed by atoms with E-state index < -0.39 is 17.7 Å². The zero-order valence-corrected chi connectivity index (χ0v) is 13.0. The Labute approximate surface area is 124 Å². The van der Waals surface area contributed by atoms with Gasteiger partial charge >= 0.3 is 12.1 Å². The van der Waals surface area contributed by atoms with Gasteiger partial charge in [-0.05, 0) is 39.8 Å². The van der Waals surface area contributed by atoms with Crippen LogP contribution in [-0.2, 0) is 9.47 Å². The van der Waals surface area contributed by atoms with Gasteiger partial charge in [0.1, 0.15) is 16.9 Å². The summed E-state index contributed by atoms with van der Waals surface area (Å²) in [5, 5.41) is 2.58. The van der Waals surface area contributed by atoms with Crippen LogP contribution >= 0.6 is 0 Å². The highest BCUT2D eigenvalue weighted by molar-refractivity contribution is 5.94. The lowest BCUT2D eigenvalue weighted by molar-refractivity contribution is 0.0522. The van der Waals surface area contributed by atoms with Crippen molar-refractivity contribution in [2.24, 2.45) is 0 Å². The molecule has 0 saturated carbocycles. The monoisotopic (exact) mass is 295 g/mol. The molecule has 0 saturated heterocycles. The lowest BCUT2D eigenvalue weighted by atomic mass is 10.2. The molecule has 1 aromatic rings. The maximum atomic E-state index is 11.7. The van der Waals surface area contributed by atoms with E-state index in [2.05, 4.69) is 5.32 Å². The minimum Gasteiger partial charge on any atom is -0.496 e. The van der Waals surface area contributed by atoms with Crippen molar-refractivity contribution in [1.29, 1.82) is 0 Å². The Kier molecular flexibility index (Phi) is 5.58. The first-order valence-corrected chi connectivity index (χ1v) is 6.62. The SMILES string of the molecule is CCOC(=O)c1ccc(NC(=O)OC(C)(C)C)cc1OC. The summed E-state index contributed by atoms with van der Waals surface area (Å²) in [4.78, 5) is 23.4. The molecule has 0 bridgehead atoms. The number of hydrogen-bond donors (Lipinski definition) is 1. The van der Waals surface area contributed by atoms with Gasteiger partial charge in [0.05, 0.1) is 13.7 Å². The van der Waals surface area contributed by atoms with Crippen LogP contribution in [0.2, 0.25) is 0 Å². The highest BCUT2D eigenvalue weighted by Gasteiger charge is 2.18. The van der Waals surface area contributed by atoms with E-state index in [1.54, 1.807) is 33.8 Å². The van der Waals surface area contributed by atoms with Crippen LogP contribution in [0.25, 0.3) is 0 Å². The number of carbonyl (C=O) groups excluding carboxylic acids is 2. The van der Waals surface area contributed by atoms with E-state index in [-0.39, 0.29) is 6.61 Å². The number of hydrogen-bond acceptors (Lipinski definition) is 5. The Hall–Kier alpha value is -2.24. The van der Waals surface area contributed by atoms with Crippen LogP contribution in [0.5, 0.6) is 5.75 Å². The van der Waals surface area contributed by atoms with Crippen molar-refractivity contribution in [3.8, 4) is 5.75 Å². The van der Waals surface area contributed by atoms with Gasteiger partial charge in [-0.2, -0.15) is 0 Å². The molecule has 0 aliphatic carbocycles. The molecule has 116 valence electrons. The van der Waals surface area contributed by atoms with E-state index in [0.29, 0.717) is 17.0 Å². The maximum Gasteiger partial charge on any atom is 0.412 e. The molecule has 0 radical (unpaired) electrons. The van der Waals surface area contributed by atoms with Gasteiger partial charge < -0.3 is 14.2 Å². The molecule has 0 aromatic heterocycles. The minimum atomic E-state index is -0.584. The maximum absolute atomic E-state index is 11.7. The van der Waals surface area contributed by atoms with Crippen LogP contribution < -0.4 is 10.1 Å². The Morgan fingerprint density at radius 3 is 2.43 bits per heavy atom. The number of amides is 1. The molecule has 0 heterocycles. The molecule has 21 heavy (non-hydrogen) atoms. The molecular weight excluding hydrogens is 274 g/mol. The second-order valence-corrected chi connectivity index (χ2v) is 5.26. The fourth-order valence-corrected chi connectivity index (χ4v) is 1.57. The lowest BCUT2D eigenvalue weighted by Gasteiger charge is -2.20. The van der Waals surface area contributed by atoms with E-state index >= 15 is 0 Å². The van der Waals surface area contributed by atoms with Crippen molar-refractivity contribution in [2.45, 2.75) is 33.3 Å². The third-order valence-electron chi connectivity index (χ3n) is 2.34. The normalized spacial score (nSPS) is 10.7. The summed E-state index contributed by atoms with van der Waals surface area (Å²) >= 11 is 0. The number of nitrogens with one attached hydrogen (secondary N) is 1. The number of rotatable bonds is 4. The smallest absolute Gasteiger partial charge is 0.412 e. The van der Waals surface area contributed by atoms with Crippen LogP contribution in [0.4, 0.5) is 10.5 Å². The van der Waals surface area contributed by atoms with Gasteiger partial charge in [-0.1, -0.05) is 0 Å². The third-order valence-corrected chi connectivity index (χ3v) is 2.34. The summed E-state index contributed by atoms with van der Waals surface area (Å²) in [5.41, 5.74) is 0.183. The molecule has 1 N–H and O–H groups in total. The van der Waals surface area contributed by atoms with E-state index in [9.17, 15) is 9.59 Å². The largest absolute Gasteiger partial charge is 0.496 e. The molecule has 0 atom stereocenters. The molecule has 6 nitrogen and oxygen atoms in total. The zero-order valence-electron chi connectivity index (χ0n) is 13.0. The Bertz CT molecular complexity index is 519. The number of benzene rings is 1. The van der Waals surface area contributed by atoms with Crippen LogP contribution in [0.1, 0.15) is 38.1 Å².